The molecule has 25 heavy (non-hydrogen) atoms. The average Bonchev–Trinajstić information content (AvgIpc) is 3.06. The predicted octanol–water partition coefficient (Wildman–Crippen LogP) is 1.35. The molecule has 1 aromatic carbocycles. The molecule has 1 amide bonds. The van der Waals surface area contributed by atoms with E-state index < -0.39 is 0 Å². The Morgan fingerprint density at radius 1 is 1.12 bits per heavy atom. The first-order chi connectivity index (χ1) is 12.1. The van der Waals surface area contributed by atoms with Gasteiger partial charge in [0.05, 0.1) is 20.8 Å². The number of aryl methyl sites for hydroxylation is 1. The van der Waals surface area contributed by atoms with E-state index in [1.807, 2.05) is 4.90 Å². The molecule has 8 heteroatoms. The lowest BCUT2D eigenvalue weighted by Crippen LogP contribution is -2.48. The molecule has 0 bridgehead atoms. The van der Waals surface area contributed by atoms with Crippen LogP contribution in [0.3, 0.4) is 0 Å². The van der Waals surface area contributed by atoms with Crippen LogP contribution in [0.15, 0.2) is 22.6 Å². The summed E-state index contributed by atoms with van der Waals surface area (Å²) in [6, 6.07) is 5.23. The minimum atomic E-state index is -0.00534. The Hall–Kier alpha value is -2.61. The highest BCUT2D eigenvalue weighted by Gasteiger charge is 2.24. The molecule has 0 spiro atoms. The Morgan fingerprint density at radius 3 is 2.44 bits per heavy atom. The van der Waals surface area contributed by atoms with Gasteiger partial charge < -0.3 is 18.8 Å². The number of hydrogen-bond donors (Lipinski definition) is 0. The van der Waals surface area contributed by atoms with Crippen molar-refractivity contribution in [2.45, 2.75) is 13.5 Å². The van der Waals surface area contributed by atoms with Crippen molar-refractivity contribution in [1.29, 1.82) is 0 Å². The first kappa shape index (κ1) is 17.2. The minimum Gasteiger partial charge on any atom is -0.493 e. The fraction of sp³-hybridized carbons (Fsp3) is 0.471. The molecule has 1 aromatic heterocycles. The molecule has 2 heterocycles. The van der Waals surface area contributed by atoms with E-state index in [2.05, 4.69) is 15.1 Å². The molecule has 0 aliphatic carbocycles. The van der Waals surface area contributed by atoms with E-state index in [0.29, 0.717) is 48.5 Å². The summed E-state index contributed by atoms with van der Waals surface area (Å²) in [6.45, 7) is 5.22. The number of rotatable bonds is 5. The second kappa shape index (κ2) is 7.52. The van der Waals surface area contributed by atoms with Crippen LogP contribution in [0.25, 0.3) is 0 Å². The van der Waals surface area contributed by atoms with Crippen molar-refractivity contribution in [3.63, 3.8) is 0 Å². The van der Waals surface area contributed by atoms with Crippen LogP contribution >= 0.6 is 0 Å². The maximum absolute atomic E-state index is 12.7. The van der Waals surface area contributed by atoms with Gasteiger partial charge in [-0.1, -0.05) is 0 Å². The summed E-state index contributed by atoms with van der Waals surface area (Å²) < 4.78 is 15.9. The topological polar surface area (TPSA) is 80.9 Å². The summed E-state index contributed by atoms with van der Waals surface area (Å²) >= 11 is 0. The smallest absolute Gasteiger partial charge is 0.254 e. The van der Waals surface area contributed by atoms with E-state index in [4.69, 9.17) is 13.9 Å². The quantitative estimate of drug-likeness (QED) is 0.808. The van der Waals surface area contributed by atoms with Gasteiger partial charge in [0.15, 0.2) is 11.5 Å². The Balaban J connectivity index is 1.59. The van der Waals surface area contributed by atoms with Crippen LogP contribution in [0.4, 0.5) is 0 Å². The van der Waals surface area contributed by atoms with Gasteiger partial charge in [-0.2, -0.15) is 0 Å². The van der Waals surface area contributed by atoms with Crippen molar-refractivity contribution < 1.29 is 18.7 Å². The SMILES string of the molecule is COc1ccc(C(=O)N2CCN(Cc3nnc(C)o3)CC2)cc1OC. The van der Waals surface area contributed by atoms with Crippen LogP contribution in [0.2, 0.25) is 0 Å². The molecule has 134 valence electrons. The average molecular weight is 346 g/mol. The van der Waals surface area contributed by atoms with Gasteiger partial charge in [-0.3, -0.25) is 9.69 Å². The highest BCUT2D eigenvalue weighted by Crippen LogP contribution is 2.28. The van der Waals surface area contributed by atoms with Crippen LogP contribution in [0.1, 0.15) is 22.1 Å². The Bertz CT molecular complexity index is 738. The van der Waals surface area contributed by atoms with E-state index in [1.165, 1.54) is 0 Å². The van der Waals surface area contributed by atoms with E-state index in [1.54, 1.807) is 39.3 Å². The lowest BCUT2D eigenvalue weighted by Gasteiger charge is -2.34. The standard InChI is InChI=1S/C17H22N4O4/c1-12-18-19-16(25-12)11-20-6-8-21(9-7-20)17(22)13-4-5-14(23-2)15(10-13)24-3/h4-5,10H,6-9,11H2,1-3H3. The van der Waals surface area contributed by atoms with Crippen molar-refractivity contribution in [2.75, 3.05) is 40.4 Å². The number of hydrogen-bond acceptors (Lipinski definition) is 7. The second-order valence-corrected chi connectivity index (χ2v) is 5.85. The minimum absolute atomic E-state index is 0.00534. The van der Waals surface area contributed by atoms with Crippen LogP contribution in [0.5, 0.6) is 11.5 Å². The highest BCUT2D eigenvalue weighted by molar-refractivity contribution is 5.95. The largest absolute Gasteiger partial charge is 0.493 e. The predicted molar refractivity (Wildman–Crippen MR) is 89.8 cm³/mol. The molecule has 0 atom stereocenters. The first-order valence-electron chi connectivity index (χ1n) is 8.13. The van der Waals surface area contributed by atoms with Crippen molar-refractivity contribution in [2.24, 2.45) is 0 Å². The molecule has 2 aromatic rings. The normalized spacial score (nSPS) is 15.2. The Kier molecular flexibility index (Phi) is 5.18. The summed E-state index contributed by atoms with van der Waals surface area (Å²) in [7, 11) is 3.13. The summed E-state index contributed by atoms with van der Waals surface area (Å²) in [6.07, 6.45) is 0. The summed E-state index contributed by atoms with van der Waals surface area (Å²) in [4.78, 5) is 16.7. The lowest BCUT2D eigenvalue weighted by molar-refractivity contribution is 0.0617. The van der Waals surface area contributed by atoms with Crippen molar-refractivity contribution >= 4 is 5.91 Å². The van der Waals surface area contributed by atoms with Gasteiger partial charge in [0, 0.05) is 38.7 Å². The third-order valence-electron chi connectivity index (χ3n) is 4.22. The Labute approximate surface area is 146 Å². The van der Waals surface area contributed by atoms with Gasteiger partial charge in [0.1, 0.15) is 0 Å². The maximum Gasteiger partial charge on any atom is 0.254 e. The molecule has 0 N–H and O–H groups in total. The zero-order valence-electron chi connectivity index (χ0n) is 14.7. The molecule has 8 nitrogen and oxygen atoms in total. The number of amides is 1. The van der Waals surface area contributed by atoms with Crippen molar-refractivity contribution in [3.05, 3.63) is 35.5 Å². The summed E-state index contributed by atoms with van der Waals surface area (Å²) in [5, 5.41) is 7.85. The molecular weight excluding hydrogens is 324 g/mol. The molecule has 1 aliphatic rings. The number of nitrogens with zero attached hydrogens (tertiary/aromatic N) is 4. The van der Waals surface area contributed by atoms with Gasteiger partial charge in [-0.15, -0.1) is 10.2 Å². The van der Waals surface area contributed by atoms with E-state index >= 15 is 0 Å². The molecule has 0 unspecified atom stereocenters. The highest BCUT2D eigenvalue weighted by atomic mass is 16.5. The summed E-state index contributed by atoms with van der Waals surface area (Å²) in [5.41, 5.74) is 0.596. The molecule has 1 saturated heterocycles. The van der Waals surface area contributed by atoms with Crippen molar-refractivity contribution in [3.8, 4) is 11.5 Å². The number of ether oxygens (including phenoxy) is 2. The molecule has 1 aliphatic heterocycles. The van der Waals surface area contributed by atoms with E-state index in [-0.39, 0.29) is 5.91 Å². The lowest BCUT2D eigenvalue weighted by atomic mass is 10.1. The van der Waals surface area contributed by atoms with Crippen LogP contribution in [-0.2, 0) is 6.54 Å². The number of aromatic nitrogens is 2. The molecule has 0 radical (unpaired) electrons. The fourth-order valence-corrected chi connectivity index (χ4v) is 2.85. The second-order valence-electron chi connectivity index (χ2n) is 5.85. The first-order valence-corrected chi connectivity index (χ1v) is 8.13. The number of methoxy groups -OCH3 is 2. The maximum atomic E-state index is 12.7. The monoisotopic (exact) mass is 346 g/mol. The molecule has 0 saturated carbocycles. The molecular formula is C17H22N4O4. The van der Waals surface area contributed by atoms with Gasteiger partial charge in [0.25, 0.3) is 5.91 Å². The number of benzene rings is 1. The van der Waals surface area contributed by atoms with Gasteiger partial charge in [0.2, 0.25) is 11.8 Å². The molecule has 1 fully saturated rings. The van der Waals surface area contributed by atoms with E-state index in [0.717, 1.165) is 13.1 Å². The third kappa shape index (κ3) is 3.90. The van der Waals surface area contributed by atoms with Crippen LogP contribution < -0.4 is 9.47 Å². The number of carbonyl (C=O) groups excluding carboxylic acids is 1. The number of piperazine rings is 1. The summed E-state index contributed by atoms with van der Waals surface area (Å²) in [5.74, 6) is 2.33. The fourth-order valence-electron chi connectivity index (χ4n) is 2.85. The van der Waals surface area contributed by atoms with Gasteiger partial charge in [-0.05, 0) is 18.2 Å². The number of carbonyl (C=O) groups is 1. The Morgan fingerprint density at radius 2 is 1.84 bits per heavy atom. The zero-order valence-corrected chi connectivity index (χ0v) is 14.7. The van der Waals surface area contributed by atoms with Crippen LogP contribution in [0, 0.1) is 6.92 Å². The van der Waals surface area contributed by atoms with Gasteiger partial charge >= 0.3 is 0 Å². The van der Waals surface area contributed by atoms with Gasteiger partial charge in [-0.25, -0.2) is 0 Å². The zero-order chi connectivity index (χ0) is 17.8. The third-order valence-corrected chi connectivity index (χ3v) is 4.22. The van der Waals surface area contributed by atoms with E-state index in [9.17, 15) is 4.79 Å². The molecule has 3 rings (SSSR count). The van der Waals surface area contributed by atoms with Crippen molar-refractivity contribution in [1.82, 2.24) is 20.0 Å². The van der Waals surface area contributed by atoms with Crippen LogP contribution in [-0.4, -0.2) is 66.3 Å².